The molecule has 1 aliphatic heterocycles. The molecular weight excluding hydrogens is 257 g/mol. The van der Waals surface area contributed by atoms with Crippen molar-refractivity contribution in [3.8, 4) is 11.5 Å². The first-order chi connectivity index (χ1) is 9.74. The zero-order valence-corrected chi connectivity index (χ0v) is 10.9. The first kappa shape index (κ1) is 12.9. The Morgan fingerprint density at radius 3 is 2.75 bits per heavy atom. The minimum Gasteiger partial charge on any atom is -0.508 e. The molecular formula is C16H16FNO2. The molecule has 1 fully saturated rings. The van der Waals surface area contributed by atoms with E-state index in [9.17, 15) is 9.50 Å². The van der Waals surface area contributed by atoms with Gasteiger partial charge in [0, 0.05) is 30.1 Å². The fourth-order valence-corrected chi connectivity index (χ4v) is 2.32. The summed E-state index contributed by atoms with van der Waals surface area (Å²) in [5, 5.41) is 13.2. The molecule has 1 heterocycles. The lowest BCUT2D eigenvalue weighted by Gasteiger charge is -2.18. The van der Waals surface area contributed by atoms with Gasteiger partial charge in [-0.15, -0.1) is 0 Å². The maximum atomic E-state index is 13.1. The third-order valence-electron chi connectivity index (χ3n) is 3.49. The third kappa shape index (κ3) is 2.91. The Labute approximate surface area is 117 Å². The number of phenols is 1. The van der Waals surface area contributed by atoms with Crippen molar-refractivity contribution in [2.45, 2.75) is 12.0 Å². The lowest BCUT2D eigenvalue weighted by Crippen LogP contribution is -2.18. The van der Waals surface area contributed by atoms with E-state index < -0.39 is 0 Å². The van der Waals surface area contributed by atoms with Crippen LogP contribution in [0, 0.1) is 5.82 Å². The van der Waals surface area contributed by atoms with E-state index in [1.807, 2.05) is 12.1 Å². The molecule has 104 valence electrons. The van der Waals surface area contributed by atoms with Crippen molar-refractivity contribution >= 4 is 0 Å². The zero-order valence-electron chi connectivity index (χ0n) is 10.9. The highest BCUT2D eigenvalue weighted by Gasteiger charge is 2.33. The van der Waals surface area contributed by atoms with Gasteiger partial charge in [0.1, 0.15) is 17.3 Å². The summed E-state index contributed by atoms with van der Waals surface area (Å²) in [6.07, 6.45) is 0. The number of para-hydroxylation sites is 1. The summed E-state index contributed by atoms with van der Waals surface area (Å²) in [5.74, 6) is 0.519. The lowest BCUT2D eigenvalue weighted by molar-refractivity contribution is 0.281. The van der Waals surface area contributed by atoms with E-state index in [4.69, 9.17) is 4.74 Å². The second kappa shape index (κ2) is 5.51. The van der Waals surface area contributed by atoms with Crippen LogP contribution in [-0.2, 0) is 0 Å². The third-order valence-corrected chi connectivity index (χ3v) is 3.49. The summed E-state index contributed by atoms with van der Waals surface area (Å²) in [7, 11) is 0. The van der Waals surface area contributed by atoms with Gasteiger partial charge < -0.3 is 15.2 Å². The van der Waals surface area contributed by atoms with Crippen LogP contribution in [0.4, 0.5) is 4.39 Å². The van der Waals surface area contributed by atoms with Crippen LogP contribution in [0.3, 0.4) is 0 Å². The Hall–Kier alpha value is -2.07. The molecule has 3 rings (SSSR count). The van der Waals surface area contributed by atoms with Crippen LogP contribution in [-0.4, -0.2) is 24.3 Å². The van der Waals surface area contributed by atoms with Crippen molar-refractivity contribution in [1.29, 1.82) is 0 Å². The van der Waals surface area contributed by atoms with Gasteiger partial charge in [0.2, 0.25) is 0 Å². The first-order valence-electron chi connectivity index (χ1n) is 6.63. The molecule has 0 saturated carbocycles. The lowest BCUT2D eigenvalue weighted by atomic mass is 9.95. The Morgan fingerprint density at radius 1 is 1.25 bits per heavy atom. The summed E-state index contributed by atoms with van der Waals surface area (Å²) in [5.41, 5.74) is 0.860. The number of hydrogen-bond acceptors (Lipinski definition) is 3. The van der Waals surface area contributed by atoms with Gasteiger partial charge in [0.25, 0.3) is 0 Å². The molecule has 1 aliphatic rings. The Balaban J connectivity index is 1.74. The quantitative estimate of drug-likeness (QED) is 0.823. The maximum Gasteiger partial charge on any atom is 0.126 e. The van der Waals surface area contributed by atoms with E-state index in [1.54, 1.807) is 24.3 Å². The van der Waals surface area contributed by atoms with E-state index in [-0.39, 0.29) is 17.5 Å². The van der Waals surface area contributed by atoms with Crippen LogP contribution in [0.15, 0.2) is 48.5 Å². The van der Waals surface area contributed by atoms with Crippen molar-refractivity contribution in [1.82, 2.24) is 5.32 Å². The van der Waals surface area contributed by atoms with E-state index in [1.165, 1.54) is 12.1 Å². The minimum absolute atomic E-state index is 0.0551. The molecule has 4 heteroatoms. The topological polar surface area (TPSA) is 51.4 Å². The van der Waals surface area contributed by atoms with Gasteiger partial charge in [-0.1, -0.05) is 24.3 Å². The van der Waals surface area contributed by atoms with Crippen molar-refractivity contribution in [3.05, 3.63) is 59.9 Å². The van der Waals surface area contributed by atoms with E-state index in [2.05, 4.69) is 5.32 Å². The van der Waals surface area contributed by atoms with Crippen LogP contribution in [0.1, 0.15) is 11.5 Å². The average Bonchev–Trinajstić information content (AvgIpc) is 3.26. The summed E-state index contributed by atoms with van der Waals surface area (Å²) in [6.45, 7) is 1.31. The molecule has 0 amide bonds. The van der Waals surface area contributed by atoms with Crippen molar-refractivity contribution in [2.75, 3.05) is 13.2 Å². The Bertz CT molecular complexity index is 599. The molecule has 0 aromatic heterocycles. The summed E-state index contributed by atoms with van der Waals surface area (Å²) >= 11 is 0. The summed E-state index contributed by atoms with van der Waals surface area (Å²) in [4.78, 5) is 0. The van der Waals surface area contributed by atoms with Gasteiger partial charge in [-0.2, -0.15) is 0 Å². The SMILES string of the molecule is Oc1ccccc1C(COc1cccc(F)c1)C1CN1. The molecule has 0 aliphatic carbocycles. The van der Waals surface area contributed by atoms with E-state index in [0.29, 0.717) is 18.4 Å². The van der Waals surface area contributed by atoms with Gasteiger partial charge in [0.15, 0.2) is 0 Å². The zero-order chi connectivity index (χ0) is 13.9. The number of hydrogen-bond donors (Lipinski definition) is 2. The van der Waals surface area contributed by atoms with Crippen LogP contribution >= 0.6 is 0 Å². The largest absolute Gasteiger partial charge is 0.508 e. The average molecular weight is 273 g/mol. The Morgan fingerprint density at radius 2 is 2.05 bits per heavy atom. The maximum absolute atomic E-state index is 13.1. The van der Waals surface area contributed by atoms with Crippen molar-refractivity contribution in [3.63, 3.8) is 0 Å². The standard InChI is InChI=1S/C16H16FNO2/c17-11-4-3-5-12(8-11)20-10-14(15-9-18-15)13-6-1-2-7-16(13)19/h1-8,14-15,18-19H,9-10H2. The highest BCUT2D eigenvalue weighted by molar-refractivity contribution is 5.37. The van der Waals surface area contributed by atoms with Gasteiger partial charge in [-0.05, 0) is 18.2 Å². The second-order valence-electron chi connectivity index (χ2n) is 4.95. The number of ether oxygens (including phenoxy) is 1. The van der Waals surface area contributed by atoms with Crippen LogP contribution < -0.4 is 10.1 Å². The van der Waals surface area contributed by atoms with Crippen LogP contribution in [0.2, 0.25) is 0 Å². The van der Waals surface area contributed by atoms with Crippen molar-refractivity contribution < 1.29 is 14.2 Å². The number of rotatable bonds is 5. The van der Waals surface area contributed by atoms with Crippen LogP contribution in [0.25, 0.3) is 0 Å². The van der Waals surface area contributed by atoms with Crippen molar-refractivity contribution in [2.24, 2.45) is 0 Å². The predicted molar refractivity (Wildman–Crippen MR) is 74.5 cm³/mol. The smallest absolute Gasteiger partial charge is 0.126 e. The molecule has 0 spiro atoms. The molecule has 2 atom stereocenters. The highest BCUT2D eigenvalue weighted by Crippen LogP contribution is 2.32. The van der Waals surface area contributed by atoms with Gasteiger partial charge in [0.05, 0.1) is 6.61 Å². The van der Waals surface area contributed by atoms with Gasteiger partial charge >= 0.3 is 0 Å². The predicted octanol–water partition coefficient (Wildman–Crippen LogP) is 2.67. The first-order valence-corrected chi connectivity index (χ1v) is 6.63. The summed E-state index contributed by atoms with van der Waals surface area (Å²) < 4.78 is 18.8. The molecule has 0 bridgehead atoms. The normalized spacial score (nSPS) is 18.6. The van der Waals surface area contributed by atoms with E-state index >= 15 is 0 Å². The summed E-state index contributed by atoms with van der Waals surface area (Å²) in [6, 6.07) is 13.7. The molecule has 2 unspecified atom stereocenters. The second-order valence-corrected chi connectivity index (χ2v) is 4.95. The van der Waals surface area contributed by atoms with Crippen LogP contribution in [0.5, 0.6) is 11.5 Å². The van der Waals surface area contributed by atoms with Gasteiger partial charge in [-0.25, -0.2) is 4.39 Å². The molecule has 2 aromatic rings. The number of phenolic OH excluding ortho intramolecular Hbond substituents is 1. The van der Waals surface area contributed by atoms with E-state index in [0.717, 1.165) is 12.1 Å². The molecule has 2 aromatic carbocycles. The molecule has 1 saturated heterocycles. The number of benzene rings is 2. The van der Waals surface area contributed by atoms with Gasteiger partial charge in [-0.3, -0.25) is 0 Å². The fraction of sp³-hybridized carbons (Fsp3) is 0.250. The fourth-order valence-electron chi connectivity index (χ4n) is 2.32. The molecule has 0 radical (unpaired) electrons. The molecule has 20 heavy (non-hydrogen) atoms. The number of nitrogens with one attached hydrogen (secondary N) is 1. The molecule has 3 nitrogen and oxygen atoms in total. The number of aromatic hydroxyl groups is 1. The minimum atomic E-state index is -0.314. The molecule has 2 N–H and O–H groups in total. The monoisotopic (exact) mass is 273 g/mol. The highest BCUT2D eigenvalue weighted by atomic mass is 19.1. The Kier molecular flexibility index (Phi) is 3.56. The number of halogens is 1.